The van der Waals surface area contributed by atoms with Crippen molar-refractivity contribution in [2.24, 2.45) is 5.92 Å². The maximum atomic E-state index is 10.6. The zero-order valence-corrected chi connectivity index (χ0v) is 7.03. The first kappa shape index (κ1) is 8.08. The largest absolute Gasteiger partial charge is 0.235 e. The molecule has 0 radical (unpaired) electrons. The van der Waals surface area contributed by atoms with E-state index < -0.39 is 9.05 Å². The van der Waals surface area contributed by atoms with Crippen molar-refractivity contribution in [3.05, 3.63) is 12.7 Å². The summed E-state index contributed by atoms with van der Waals surface area (Å²) < 4.78 is 21.2. The lowest BCUT2D eigenvalue weighted by molar-refractivity contribution is 0.605. The maximum Gasteiger partial charge on any atom is 0.235 e. The summed E-state index contributed by atoms with van der Waals surface area (Å²) in [7, 11) is 1.82. The van der Waals surface area contributed by atoms with E-state index in [0.29, 0.717) is 6.42 Å². The van der Waals surface area contributed by atoms with Crippen molar-refractivity contribution in [3.63, 3.8) is 0 Å². The fraction of sp³-hybridized carbons (Fsp3) is 0.667. The van der Waals surface area contributed by atoms with E-state index in [1.165, 1.54) is 0 Å². The van der Waals surface area contributed by atoms with Gasteiger partial charge in [0.15, 0.2) is 0 Å². The van der Waals surface area contributed by atoms with Crippen molar-refractivity contribution in [1.82, 2.24) is 0 Å². The second-order valence-electron chi connectivity index (χ2n) is 2.53. The fourth-order valence-electron chi connectivity index (χ4n) is 1.03. The first-order chi connectivity index (χ1) is 4.55. The molecule has 4 heteroatoms. The van der Waals surface area contributed by atoms with E-state index in [4.69, 9.17) is 10.7 Å². The summed E-state index contributed by atoms with van der Waals surface area (Å²) in [6, 6.07) is 0. The average Bonchev–Trinajstić information content (AvgIpc) is 2.44. The van der Waals surface area contributed by atoms with E-state index in [-0.39, 0.29) is 11.2 Å². The minimum absolute atomic E-state index is 0.236. The van der Waals surface area contributed by atoms with Gasteiger partial charge in [0.25, 0.3) is 0 Å². The van der Waals surface area contributed by atoms with Crippen molar-refractivity contribution in [1.29, 1.82) is 0 Å². The van der Waals surface area contributed by atoms with Gasteiger partial charge < -0.3 is 0 Å². The lowest BCUT2D eigenvalue weighted by atomic mass is 10.3. The van der Waals surface area contributed by atoms with Gasteiger partial charge in [0, 0.05) is 10.7 Å². The quantitative estimate of drug-likeness (QED) is 0.488. The van der Waals surface area contributed by atoms with E-state index in [1.807, 2.05) is 0 Å². The van der Waals surface area contributed by atoms with E-state index in [0.717, 1.165) is 6.42 Å². The molecule has 0 N–H and O–H groups in total. The van der Waals surface area contributed by atoms with Crippen LogP contribution < -0.4 is 0 Å². The van der Waals surface area contributed by atoms with Crippen LogP contribution in [0, 0.1) is 5.92 Å². The van der Waals surface area contributed by atoms with Gasteiger partial charge in [-0.25, -0.2) is 8.42 Å². The third kappa shape index (κ3) is 1.73. The molecule has 1 aliphatic carbocycles. The highest BCUT2D eigenvalue weighted by Gasteiger charge is 2.45. The lowest BCUT2D eigenvalue weighted by Gasteiger charge is -1.89. The number of rotatable bonds is 3. The molecule has 1 rings (SSSR count). The Hall–Kier alpha value is -0.0200. The molecule has 0 amide bonds. The molecule has 2 nitrogen and oxygen atoms in total. The highest BCUT2D eigenvalue weighted by Crippen LogP contribution is 2.41. The number of allylic oxidation sites excluding steroid dienone is 1. The molecule has 0 aliphatic heterocycles. The number of hydrogen-bond acceptors (Lipinski definition) is 2. The molecule has 10 heavy (non-hydrogen) atoms. The third-order valence-electron chi connectivity index (χ3n) is 1.69. The molecule has 0 aromatic rings. The molecular formula is C6H9ClO2S. The monoisotopic (exact) mass is 180 g/mol. The topological polar surface area (TPSA) is 34.1 Å². The van der Waals surface area contributed by atoms with Gasteiger partial charge in [0.05, 0.1) is 5.25 Å². The van der Waals surface area contributed by atoms with Crippen LogP contribution in [0.25, 0.3) is 0 Å². The Labute approximate surface area is 65.3 Å². The summed E-state index contributed by atoms with van der Waals surface area (Å²) in [5, 5.41) is -0.299. The first-order valence-electron chi connectivity index (χ1n) is 3.10. The molecule has 0 spiro atoms. The molecule has 0 bridgehead atoms. The maximum absolute atomic E-state index is 10.6. The molecule has 0 heterocycles. The Morgan fingerprint density at radius 3 is 2.60 bits per heavy atom. The number of hydrogen-bond donors (Lipinski definition) is 0. The summed E-state index contributed by atoms with van der Waals surface area (Å²) >= 11 is 0. The summed E-state index contributed by atoms with van der Waals surface area (Å²) in [5.41, 5.74) is 0. The smallest absolute Gasteiger partial charge is 0.212 e. The van der Waals surface area contributed by atoms with Gasteiger partial charge in [-0.1, -0.05) is 6.08 Å². The van der Waals surface area contributed by atoms with E-state index in [2.05, 4.69) is 6.58 Å². The Kier molecular flexibility index (Phi) is 2.06. The lowest BCUT2D eigenvalue weighted by Crippen LogP contribution is -1.98. The van der Waals surface area contributed by atoms with Crippen LogP contribution >= 0.6 is 10.7 Å². The normalized spacial score (nSPS) is 31.7. The minimum Gasteiger partial charge on any atom is -0.212 e. The van der Waals surface area contributed by atoms with Crippen molar-refractivity contribution < 1.29 is 8.42 Å². The Bertz CT molecular complexity index is 232. The molecule has 0 aromatic heterocycles. The van der Waals surface area contributed by atoms with E-state index in [9.17, 15) is 8.42 Å². The van der Waals surface area contributed by atoms with Crippen LogP contribution in [0.5, 0.6) is 0 Å². The first-order valence-corrected chi connectivity index (χ1v) is 5.47. The fourth-order valence-corrected chi connectivity index (χ4v) is 2.73. The van der Waals surface area contributed by atoms with Crippen LogP contribution in [0.1, 0.15) is 12.8 Å². The average molecular weight is 181 g/mol. The Morgan fingerprint density at radius 2 is 2.30 bits per heavy atom. The highest BCUT2D eigenvalue weighted by atomic mass is 35.7. The van der Waals surface area contributed by atoms with E-state index in [1.54, 1.807) is 6.08 Å². The summed E-state index contributed by atoms with van der Waals surface area (Å²) in [6.45, 7) is 3.52. The molecule has 0 saturated heterocycles. The summed E-state index contributed by atoms with van der Waals surface area (Å²) in [4.78, 5) is 0. The molecule has 58 valence electrons. The Balaban J connectivity index is 2.47. The molecule has 2 atom stereocenters. The van der Waals surface area contributed by atoms with Crippen molar-refractivity contribution in [2.45, 2.75) is 18.1 Å². The van der Waals surface area contributed by atoms with Crippen molar-refractivity contribution in [2.75, 3.05) is 0 Å². The van der Waals surface area contributed by atoms with Crippen molar-refractivity contribution in [3.8, 4) is 0 Å². The summed E-state index contributed by atoms with van der Waals surface area (Å²) in [5.74, 6) is 0.236. The zero-order valence-electron chi connectivity index (χ0n) is 5.46. The Morgan fingerprint density at radius 1 is 1.70 bits per heavy atom. The molecule has 2 unspecified atom stereocenters. The van der Waals surface area contributed by atoms with Gasteiger partial charge in [-0.3, -0.25) is 0 Å². The van der Waals surface area contributed by atoms with Crippen LogP contribution in [0.4, 0.5) is 0 Å². The van der Waals surface area contributed by atoms with Crippen LogP contribution in [-0.2, 0) is 9.05 Å². The van der Waals surface area contributed by atoms with Crippen LogP contribution in [0.2, 0.25) is 0 Å². The van der Waals surface area contributed by atoms with Crippen molar-refractivity contribution >= 4 is 19.7 Å². The molecule has 1 fully saturated rings. The zero-order chi connectivity index (χ0) is 7.78. The predicted octanol–water partition coefficient (Wildman–Crippen LogP) is 1.52. The molecule has 0 aromatic carbocycles. The highest BCUT2D eigenvalue weighted by molar-refractivity contribution is 8.14. The summed E-state index contributed by atoms with van der Waals surface area (Å²) in [6.07, 6.45) is 3.20. The predicted molar refractivity (Wildman–Crippen MR) is 41.5 cm³/mol. The van der Waals surface area contributed by atoms with E-state index >= 15 is 0 Å². The van der Waals surface area contributed by atoms with Gasteiger partial charge in [-0.2, -0.15) is 0 Å². The second kappa shape index (κ2) is 2.55. The molecule has 1 aliphatic rings. The SMILES string of the molecule is C=CCC1CC1S(=O)(=O)Cl. The van der Waals surface area contributed by atoms with Crippen LogP contribution in [-0.4, -0.2) is 13.7 Å². The third-order valence-corrected chi connectivity index (χ3v) is 3.68. The second-order valence-corrected chi connectivity index (χ2v) is 5.38. The van der Waals surface area contributed by atoms with Gasteiger partial charge in [-0.15, -0.1) is 6.58 Å². The van der Waals surface area contributed by atoms with Crippen LogP contribution in [0.3, 0.4) is 0 Å². The number of halogens is 1. The van der Waals surface area contributed by atoms with Crippen LogP contribution in [0.15, 0.2) is 12.7 Å². The molecular weight excluding hydrogens is 172 g/mol. The molecule has 1 saturated carbocycles. The minimum atomic E-state index is -3.28. The van der Waals surface area contributed by atoms with Gasteiger partial charge in [0.2, 0.25) is 9.05 Å². The standard InChI is InChI=1S/C6H9ClO2S/c1-2-3-5-4-6(5)10(7,8)9/h2,5-6H,1,3-4H2. The van der Waals surface area contributed by atoms with Gasteiger partial charge in [0.1, 0.15) is 0 Å². The van der Waals surface area contributed by atoms with Gasteiger partial charge >= 0.3 is 0 Å². The van der Waals surface area contributed by atoms with Gasteiger partial charge in [-0.05, 0) is 18.8 Å².